The first-order valence-electron chi connectivity index (χ1n) is 7.15. The standard InChI is InChI=1S/C17H12ClFO5/c1-2-22-13(20)8-23-12-7-6-9-16(21)14-10(19)4-3-5-11(14)24-17(9)15(12)18/h3-7H,2,8H2,1H3. The van der Waals surface area contributed by atoms with Crippen LogP contribution in [0, 0.1) is 5.82 Å². The Morgan fingerprint density at radius 1 is 1.29 bits per heavy atom. The van der Waals surface area contributed by atoms with E-state index in [1.54, 1.807) is 6.92 Å². The zero-order chi connectivity index (χ0) is 17.3. The molecule has 7 heteroatoms. The Morgan fingerprint density at radius 2 is 2.08 bits per heavy atom. The van der Waals surface area contributed by atoms with Gasteiger partial charge in [0.25, 0.3) is 0 Å². The zero-order valence-corrected chi connectivity index (χ0v) is 13.4. The highest BCUT2D eigenvalue weighted by atomic mass is 35.5. The average Bonchev–Trinajstić information content (AvgIpc) is 2.55. The lowest BCUT2D eigenvalue weighted by molar-refractivity contribution is -0.145. The maximum atomic E-state index is 13.9. The lowest BCUT2D eigenvalue weighted by atomic mass is 10.1. The molecule has 124 valence electrons. The summed E-state index contributed by atoms with van der Waals surface area (Å²) >= 11 is 6.21. The number of carbonyl (C=O) groups excluding carboxylic acids is 1. The Balaban J connectivity index is 2.10. The molecule has 0 saturated carbocycles. The van der Waals surface area contributed by atoms with Gasteiger partial charge in [-0.25, -0.2) is 9.18 Å². The van der Waals surface area contributed by atoms with Crippen LogP contribution in [0.25, 0.3) is 21.9 Å². The highest BCUT2D eigenvalue weighted by molar-refractivity contribution is 6.36. The molecular weight excluding hydrogens is 339 g/mol. The van der Waals surface area contributed by atoms with E-state index in [1.807, 2.05) is 0 Å². The highest BCUT2D eigenvalue weighted by Crippen LogP contribution is 2.33. The van der Waals surface area contributed by atoms with Crippen molar-refractivity contribution in [2.24, 2.45) is 0 Å². The minimum absolute atomic E-state index is 0.0278. The van der Waals surface area contributed by atoms with Gasteiger partial charge in [-0.2, -0.15) is 0 Å². The lowest BCUT2D eigenvalue weighted by Gasteiger charge is -2.09. The predicted molar refractivity (Wildman–Crippen MR) is 87.1 cm³/mol. The van der Waals surface area contributed by atoms with E-state index in [0.29, 0.717) is 0 Å². The molecule has 0 spiro atoms. The van der Waals surface area contributed by atoms with Gasteiger partial charge in [-0.15, -0.1) is 0 Å². The van der Waals surface area contributed by atoms with Crippen molar-refractivity contribution in [3.8, 4) is 5.75 Å². The Morgan fingerprint density at radius 3 is 2.83 bits per heavy atom. The fourth-order valence-electron chi connectivity index (χ4n) is 2.32. The van der Waals surface area contributed by atoms with Crippen LogP contribution in [0.1, 0.15) is 6.92 Å². The van der Waals surface area contributed by atoms with Gasteiger partial charge in [0.1, 0.15) is 27.6 Å². The van der Waals surface area contributed by atoms with E-state index < -0.39 is 17.2 Å². The van der Waals surface area contributed by atoms with Gasteiger partial charge >= 0.3 is 5.97 Å². The van der Waals surface area contributed by atoms with Crippen LogP contribution in [-0.4, -0.2) is 19.2 Å². The van der Waals surface area contributed by atoms with Crippen LogP contribution >= 0.6 is 11.6 Å². The normalized spacial score (nSPS) is 11.0. The Hall–Kier alpha value is -2.60. The number of hydrogen-bond acceptors (Lipinski definition) is 5. The number of esters is 1. The lowest BCUT2D eigenvalue weighted by Crippen LogP contribution is -2.14. The molecule has 1 heterocycles. The molecule has 0 N–H and O–H groups in total. The van der Waals surface area contributed by atoms with Crippen LogP contribution in [0.5, 0.6) is 5.75 Å². The van der Waals surface area contributed by atoms with Crippen molar-refractivity contribution < 1.29 is 23.1 Å². The molecule has 2 aromatic carbocycles. The summed E-state index contributed by atoms with van der Waals surface area (Å²) in [5.74, 6) is -1.05. The van der Waals surface area contributed by atoms with Gasteiger partial charge in [0.05, 0.1) is 12.0 Å². The van der Waals surface area contributed by atoms with E-state index >= 15 is 0 Å². The Kier molecular flexibility index (Phi) is 4.40. The van der Waals surface area contributed by atoms with Gasteiger partial charge in [0.15, 0.2) is 12.2 Å². The Labute approximate surface area is 140 Å². The molecule has 0 bridgehead atoms. The summed E-state index contributed by atoms with van der Waals surface area (Å²) < 4.78 is 29.5. The molecule has 0 unspecified atom stereocenters. The monoisotopic (exact) mass is 350 g/mol. The summed E-state index contributed by atoms with van der Waals surface area (Å²) in [5.41, 5.74) is -0.374. The van der Waals surface area contributed by atoms with Crippen molar-refractivity contribution in [3.63, 3.8) is 0 Å². The summed E-state index contributed by atoms with van der Waals surface area (Å²) in [4.78, 5) is 23.8. The van der Waals surface area contributed by atoms with Gasteiger partial charge in [0.2, 0.25) is 5.43 Å². The molecule has 0 atom stereocenters. The first-order valence-corrected chi connectivity index (χ1v) is 7.52. The number of fused-ring (bicyclic) bond motifs is 2. The van der Waals surface area contributed by atoms with Crippen molar-refractivity contribution >= 4 is 39.5 Å². The topological polar surface area (TPSA) is 65.7 Å². The number of halogens is 2. The summed E-state index contributed by atoms with van der Waals surface area (Å²) in [6, 6.07) is 6.93. The van der Waals surface area contributed by atoms with E-state index in [9.17, 15) is 14.0 Å². The molecule has 0 radical (unpaired) electrons. The average molecular weight is 351 g/mol. The van der Waals surface area contributed by atoms with Gasteiger partial charge < -0.3 is 13.9 Å². The third kappa shape index (κ3) is 2.80. The van der Waals surface area contributed by atoms with Crippen molar-refractivity contribution in [2.45, 2.75) is 6.92 Å². The zero-order valence-electron chi connectivity index (χ0n) is 12.6. The maximum Gasteiger partial charge on any atom is 0.344 e. The number of carbonyl (C=O) groups is 1. The highest BCUT2D eigenvalue weighted by Gasteiger charge is 2.17. The second-order valence-electron chi connectivity index (χ2n) is 4.89. The SMILES string of the molecule is CCOC(=O)COc1ccc2c(=O)c3c(F)cccc3oc2c1Cl. The fraction of sp³-hybridized carbons (Fsp3) is 0.176. The van der Waals surface area contributed by atoms with Crippen molar-refractivity contribution in [1.29, 1.82) is 0 Å². The van der Waals surface area contributed by atoms with Crippen molar-refractivity contribution in [2.75, 3.05) is 13.2 Å². The molecule has 3 aromatic rings. The van der Waals surface area contributed by atoms with E-state index in [-0.39, 0.29) is 45.9 Å². The third-order valence-electron chi connectivity index (χ3n) is 3.37. The van der Waals surface area contributed by atoms with E-state index in [1.165, 1.54) is 30.3 Å². The molecule has 0 fully saturated rings. The molecule has 0 aliphatic rings. The molecule has 24 heavy (non-hydrogen) atoms. The summed E-state index contributed by atoms with van der Waals surface area (Å²) in [6.07, 6.45) is 0. The van der Waals surface area contributed by atoms with Crippen LogP contribution in [0.3, 0.4) is 0 Å². The predicted octanol–water partition coefficient (Wildman–Crippen LogP) is 3.68. The Bertz CT molecular complexity index is 996. The number of benzene rings is 2. The van der Waals surface area contributed by atoms with Gasteiger partial charge in [0, 0.05) is 0 Å². The van der Waals surface area contributed by atoms with Crippen LogP contribution in [0.15, 0.2) is 39.5 Å². The van der Waals surface area contributed by atoms with Gasteiger partial charge in [-0.05, 0) is 31.2 Å². The second-order valence-corrected chi connectivity index (χ2v) is 5.27. The summed E-state index contributed by atoms with van der Waals surface area (Å²) in [5, 5.41) is 0.0161. The molecule has 1 aromatic heterocycles. The number of hydrogen-bond donors (Lipinski definition) is 0. The van der Waals surface area contributed by atoms with E-state index in [0.717, 1.165) is 0 Å². The minimum atomic E-state index is -0.665. The van der Waals surface area contributed by atoms with Crippen LogP contribution < -0.4 is 10.2 Å². The first kappa shape index (κ1) is 16.3. The largest absolute Gasteiger partial charge is 0.480 e. The van der Waals surface area contributed by atoms with Crippen LogP contribution in [0.4, 0.5) is 4.39 Å². The third-order valence-corrected chi connectivity index (χ3v) is 3.73. The molecule has 0 aliphatic heterocycles. The number of rotatable bonds is 4. The molecule has 5 nitrogen and oxygen atoms in total. The quantitative estimate of drug-likeness (QED) is 0.530. The van der Waals surface area contributed by atoms with Crippen LogP contribution in [-0.2, 0) is 9.53 Å². The molecular formula is C17H12ClFO5. The molecule has 0 amide bonds. The minimum Gasteiger partial charge on any atom is -0.480 e. The van der Waals surface area contributed by atoms with Crippen molar-refractivity contribution in [1.82, 2.24) is 0 Å². The van der Waals surface area contributed by atoms with Gasteiger partial charge in [-0.1, -0.05) is 17.7 Å². The summed E-state index contributed by atoms with van der Waals surface area (Å²) in [7, 11) is 0. The first-order chi connectivity index (χ1) is 11.5. The number of ether oxygens (including phenoxy) is 2. The molecule has 0 saturated heterocycles. The smallest absolute Gasteiger partial charge is 0.344 e. The second kappa shape index (κ2) is 6.49. The fourth-order valence-corrected chi connectivity index (χ4v) is 2.58. The van der Waals surface area contributed by atoms with Crippen LogP contribution in [0.2, 0.25) is 5.02 Å². The molecule has 3 rings (SSSR count). The molecule has 0 aliphatic carbocycles. The van der Waals surface area contributed by atoms with Gasteiger partial charge in [-0.3, -0.25) is 4.79 Å². The van der Waals surface area contributed by atoms with E-state index in [4.69, 9.17) is 25.5 Å². The maximum absolute atomic E-state index is 13.9. The van der Waals surface area contributed by atoms with Crippen molar-refractivity contribution in [3.05, 3.63) is 51.4 Å². The van der Waals surface area contributed by atoms with E-state index in [2.05, 4.69) is 0 Å². The summed E-state index contributed by atoms with van der Waals surface area (Å²) in [6.45, 7) is 1.59.